The lowest BCUT2D eigenvalue weighted by atomic mass is 9.77. The molecule has 3 rings (SSSR count). The van der Waals surface area contributed by atoms with Crippen LogP contribution in [0.3, 0.4) is 0 Å². The maximum Gasteiger partial charge on any atom is 0.127 e. The van der Waals surface area contributed by atoms with Crippen LogP contribution >= 0.6 is 15.9 Å². The first-order valence-corrected chi connectivity index (χ1v) is 8.60. The third-order valence-corrected chi connectivity index (χ3v) is 5.41. The van der Waals surface area contributed by atoms with E-state index in [1.807, 2.05) is 0 Å². The molecule has 110 valence electrons. The summed E-state index contributed by atoms with van der Waals surface area (Å²) in [7, 11) is 2.09. The second kappa shape index (κ2) is 6.07. The van der Waals surface area contributed by atoms with Gasteiger partial charge in [-0.2, -0.15) is 0 Å². The van der Waals surface area contributed by atoms with Gasteiger partial charge < -0.3 is 10.1 Å². The number of hydrogen-bond donors (Lipinski definition) is 1. The van der Waals surface area contributed by atoms with Crippen LogP contribution in [0.4, 0.5) is 0 Å². The van der Waals surface area contributed by atoms with Crippen LogP contribution in [0.25, 0.3) is 0 Å². The van der Waals surface area contributed by atoms with Gasteiger partial charge in [-0.15, -0.1) is 0 Å². The van der Waals surface area contributed by atoms with Crippen molar-refractivity contribution >= 4 is 15.9 Å². The molecular weight excluding hydrogens is 314 g/mol. The summed E-state index contributed by atoms with van der Waals surface area (Å²) in [6, 6.07) is 4.89. The fourth-order valence-corrected chi connectivity index (χ4v) is 4.32. The van der Waals surface area contributed by atoms with Gasteiger partial charge >= 0.3 is 0 Å². The van der Waals surface area contributed by atoms with Crippen LogP contribution in [-0.4, -0.2) is 13.7 Å². The van der Waals surface area contributed by atoms with Crippen molar-refractivity contribution in [3.63, 3.8) is 0 Å². The Labute approximate surface area is 130 Å². The van der Waals surface area contributed by atoms with Gasteiger partial charge in [0.1, 0.15) is 5.75 Å². The maximum atomic E-state index is 5.92. The van der Waals surface area contributed by atoms with E-state index < -0.39 is 0 Å². The van der Waals surface area contributed by atoms with E-state index in [0.29, 0.717) is 6.04 Å². The minimum absolute atomic E-state index is 0.423. The lowest BCUT2D eigenvalue weighted by Gasteiger charge is -2.33. The molecule has 1 saturated carbocycles. The van der Waals surface area contributed by atoms with Crippen LogP contribution < -0.4 is 10.1 Å². The van der Waals surface area contributed by atoms with Gasteiger partial charge in [0.15, 0.2) is 0 Å². The fraction of sp³-hybridized carbons (Fsp3) is 0.647. The summed E-state index contributed by atoms with van der Waals surface area (Å²) in [6.45, 7) is 3.21. The van der Waals surface area contributed by atoms with E-state index in [1.54, 1.807) is 0 Å². The molecule has 1 aromatic rings. The molecule has 2 aliphatic rings. The number of fused-ring (bicyclic) bond motifs is 1. The van der Waals surface area contributed by atoms with E-state index in [4.69, 9.17) is 4.74 Å². The highest BCUT2D eigenvalue weighted by atomic mass is 79.9. The predicted octanol–water partition coefficient (Wildman–Crippen LogP) is 4.47. The Bertz CT molecular complexity index is 480. The van der Waals surface area contributed by atoms with Crippen molar-refractivity contribution in [2.24, 2.45) is 11.8 Å². The Hall–Kier alpha value is -0.540. The largest absolute Gasteiger partial charge is 0.493 e. The van der Waals surface area contributed by atoms with Gasteiger partial charge in [0.25, 0.3) is 0 Å². The maximum absolute atomic E-state index is 5.92. The molecule has 1 aromatic carbocycles. The lowest BCUT2D eigenvalue weighted by Crippen LogP contribution is -2.28. The molecule has 1 atom stereocenters. The first-order valence-electron chi connectivity index (χ1n) is 7.81. The minimum atomic E-state index is 0.423. The second-order valence-corrected chi connectivity index (χ2v) is 7.28. The summed E-state index contributed by atoms with van der Waals surface area (Å²) in [5, 5.41) is 3.56. The van der Waals surface area contributed by atoms with Crippen LogP contribution in [0.15, 0.2) is 16.6 Å². The highest BCUT2D eigenvalue weighted by molar-refractivity contribution is 9.10. The zero-order valence-electron chi connectivity index (χ0n) is 12.4. The van der Waals surface area contributed by atoms with Crippen LogP contribution in [0, 0.1) is 11.8 Å². The zero-order valence-corrected chi connectivity index (χ0v) is 14.0. The van der Waals surface area contributed by atoms with Crippen molar-refractivity contribution in [3.05, 3.63) is 27.7 Å². The highest BCUT2D eigenvalue weighted by Crippen LogP contribution is 2.43. The summed E-state index contributed by atoms with van der Waals surface area (Å²) in [4.78, 5) is 0. The molecule has 1 aliphatic heterocycles. The van der Waals surface area contributed by atoms with E-state index >= 15 is 0 Å². The van der Waals surface area contributed by atoms with Gasteiger partial charge in [0.05, 0.1) is 6.61 Å². The van der Waals surface area contributed by atoms with Crippen LogP contribution in [0.5, 0.6) is 5.75 Å². The van der Waals surface area contributed by atoms with E-state index in [9.17, 15) is 0 Å². The molecule has 0 bridgehead atoms. The molecule has 0 aromatic heterocycles. The SMILES string of the molecule is CNC(c1cc(Br)cc2c1OCC2)C1CCC(C)CC1. The van der Waals surface area contributed by atoms with E-state index in [-0.39, 0.29) is 0 Å². The Balaban J connectivity index is 1.90. The average Bonchev–Trinajstić information content (AvgIpc) is 2.89. The molecule has 2 nitrogen and oxygen atoms in total. The molecule has 20 heavy (non-hydrogen) atoms. The molecule has 0 amide bonds. The summed E-state index contributed by atoms with van der Waals surface area (Å²) in [5.41, 5.74) is 2.72. The first-order chi connectivity index (χ1) is 9.69. The second-order valence-electron chi connectivity index (χ2n) is 6.37. The Morgan fingerprint density at radius 2 is 2.00 bits per heavy atom. The lowest BCUT2D eigenvalue weighted by molar-refractivity contribution is 0.234. The van der Waals surface area contributed by atoms with Crippen molar-refractivity contribution in [2.45, 2.75) is 45.1 Å². The van der Waals surface area contributed by atoms with E-state index in [0.717, 1.165) is 30.6 Å². The third-order valence-electron chi connectivity index (χ3n) is 4.96. The minimum Gasteiger partial charge on any atom is -0.493 e. The van der Waals surface area contributed by atoms with Crippen LogP contribution in [0.2, 0.25) is 0 Å². The van der Waals surface area contributed by atoms with Crippen molar-refractivity contribution in [2.75, 3.05) is 13.7 Å². The molecule has 1 heterocycles. The summed E-state index contributed by atoms with van der Waals surface area (Å²) >= 11 is 3.66. The fourth-order valence-electron chi connectivity index (χ4n) is 3.79. The van der Waals surface area contributed by atoms with Gasteiger partial charge in [-0.3, -0.25) is 0 Å². The van der Waals surface area contributed by atoms with Crippen LogP contribution in [-0.2, 0) is 6.42 Å². The number of hydrogen-bond acceptors (Lipinski definition) is 2. The predicted molar refractivity (Wildman–Crippen MR) is 86.3 cm³/mol. The van der Waals surface area contributed by atoms with Gasteiger partial charge in [-0.25, -0.2) is 0 Å². The van der Waals surface area contributed by atoms with Crippen molar-refractivity contribution in [1.29, 1.82) is 0 Å². The smallest absolute Gasteiger partial charge is 0.127 e. The number of rotatable bonds is 3. The number of halogens is 1. The summed E-state index contributed by atoms with van der Waals surface area (Å²) in [5.74, 6) is 2.78. The molecule has 1 unspecified atom stereocenters. The number of ether oxygens (including phenoxy) is 1. The monoisotopic (exact) mass is 337 g/mol. The number of benzene rings is 1. The van der Waals surface area contributed by atoms with E-state index in [2.05, 4.69) is 47.4 Å². The normalized spacial score (nSPS) is 26.9. The Kier molecular flexibility index (Phi) is 4.37. The molecule has 3 heteroatoms. The summed E-state index contributed by atoms with van der Waals surface area (Å²) in [6.07, 6.45) is 6.42. The van der Waals surface area contributed by atoms with Crippen molar-refractivity contribution in [3.8, 4) is 5.75 Å². The molecule has 0 radical (unpaired) electrons. The molecule has 0 saturated heterocycles. The molecular formula is C17H24BrNO. The number of nitrogens with one attached hydrogen (secondary N) is 1. The van der Waals surface area contributed by atoms with Gasteiger partial charge in [-0.1, -0.05) is 35.7 Å². The van der Waals surface area contributed by atoms with Gasteiger partial charge in [0, 0.05) is 22.5 Å². The molecule has 0 spiro atoms. The van der Waals surface area contributed by atoms with Crippen molar-refractivity contribution < 1.29 is 4.74 Å². The standard InChI is InChI=1S/C17H24BrNO/c1-11-3-5-12(6-4-11)16(19-2)15-10-14(18)9-13-7-8-20-17(13)15/h9-12,16,19H,3-8H2,1-2H3. The van der Waals surface area contributed by atoms with Crippen LogP contribution in [0.1, 0.15) is 49.8 Å². The first kappa shape index (κ1) is 14.4. The molecule has 1 aliphatic carbocycles. The Morgan fingerprint density at radius 3 is 2.70 bits per heavy atom. The van der Waals surface area contributed by atoms with Gasteiger partial charge in [-0.05, 0) is 49.4 Å². The molecule has 1 N–H and O–H groups in total. The van der Waals surface area contributed by atoms with Crippen molar-refractivity contribution in [1.82, 2.24) is 5.32 Å². The van der Waals surface area contributed by atoms with Gasteiger partial charge in [0.2, 0.25) is 0 Å². The average molecular weight is 338 g/mol. The third kappa shape index (κ3) is 2.75. The zero-order chi connectivity index (χ0) is 14.1. The van der Waals surface area contributed by atoms with E-state index in [1.165, 1.54) is 41.3 Å². The topological polar surface area (TPSA) is 21.3 Å². The highest BCUT2D eigenvalue weighted by Gasteiger charge is 2.30. The Morgan fingerprint density at radius 1 is 1.25 bits per heavy atom. The quantitative estimate of drug-likeness (QED) is 0.878. The molecule has 1 fully saturated rings. The summed E-state index contributed by atoms with van der Waals surface area (Å²) < 4.78 is 7.10.